The Morgan fingerprint density at radius 3 is 2.60 bits per heavy atom. The van der Waals surface area contributed by atoms with Crippen LogP contribution in [0.2, 0.25) is 5.02 Å². The number of benzene rings is 2. The van der Waals surface area contributed by atoms with Crippen molar-refractivity contribution in [3.63, 3.8) is 0 Å². The van der Waals surface area contributed by atoms with Crippen LogP contribution in [0.3, 0.4) is 0 Å². The molecule has 0 fully saturated rings. The largest absolute Gasteiger partial charge is 0.493 e. The van der Waals surface area contributed by atoms with Crippen LogP contribution in [0.25, 0.3) is 0 Å². The third kappa shape index (κ3) is 4.07. The Bertz CT molecular complexity index is 584. The lowest BCUT2D eigenvalue weighted by Gasteiger charge is -2.06. The Morgan fingerprint density at radius 2 is 1.90 bits per heavy atom. The van der Waals surface area contributed by atoms with Crippen LogP contribution >= 0.6 is 11.6 Å². The quantitative estimate of drug-likeness (QED) is 0.578. The Kier molecular flexibility index (Phi) is 5.13. The molecule has 0 radical (unpaired) electrons. The molecule has 0 spiro atoms. The summed E-state index contributed by atoms with van der Waals surface area (Å²) in [5.74, 6) is -0.0138. The van der Waals surface area contributed by atoms with E-state index in [9.17, 15) is 9.18 Å². The van der Waals surface area contributed by atoms with Gasteiger partial charge in [-0.3, -0.25) is 4.79 Å². The molecule has 0 saturated heterocycles. The van der Waals surface area contributed by atoms with Gasteiger partial charge in [-0.05, 0) is 18.6 Å². The molecule has 0 aliphatic carbocycles. The molecular weight excluding hydrogens is 279 g/mol. The van der Waals surface area contributed by atoms with Crippen molar-refractivity contribution in [1.29, 1.82) is 0 Å². The summed E-state index contributed by atoms with van der Waals surface area (Å²) in [4.78, 5) is 11.8. The standard InChI is InChI=1S/C16H14ClFO2/c17-14-9-8-13(11-15(14)18)20-10-4-7-16(19)12-5-2-1-3-6-12/h1-3,5-6,8-9,11H,4,7,10H2. The smallest absolute Gasteiger partial charge is 0.163 e. The number of hydrogen-bond donors (Lipinski definition) is 0. The zero-order chi connectivity index (χ0) is 14.4. The molecule has 0 bridgehead atoms. The minimum Gasteiger partial charge on any atom is -0.493 e. The Balaban J connectivity index is 1.76. The average Bonchev–Trinajstić information content (AvgIpc) is 2.48. The van der Waals surface area contributed by atoms with Crippen LogP contribution in [-0.2, 0) is 0 Å². The Hall–Kier alpha value is -1.87. The molecule has 4 heteroatoms. The van der Waals surface area contributed by atoms with Gasteiger partial charge in [-0.25, -0.2) is 4.39 Å². The fourth-order valence-corrected chi connectivity index (χ4v) is 1.88. The number of Topliss-reactive ketones (excluding diaryl/α,β-unsaturated/α-hetero) is 1. The first kappa shape index (κ1) is 14.5. The number of ether oxygens (including phenoxy) is 1. The average molecular weight is 293 g/mol. The maximum atomic E-state index is 13.2. The summed E-state index contributed by atoms with van der Waals surface area (Å²) in [6, 6.07) is 13.4. The van der Waals surface area contributed by atoms with Gasteiger partial charge >= 0.3 is 0 Å². The fraction of sp³-hybridized carbons (Fsp3) is 0.188. The summed E-state index contributed by atoms with van der Waals surface area (Å²) in [5.41, 5.74) is 0.699. The van der Waals surface area contributed by atoms with Crippen molar-refractivity contribution in [3.05, 3.63) is 64.9 Å². The van der Waals surface area contributed by atoms with Crippen LogP contribution in [0.4, 0.5) is 4.39 Å². The summed E-state index contributed by atoms with van der Waals surface area (Å²) < 4.78 is 18.5. The molecule has 0 heterocycles. The van der Waals surface area contributed by atoms with E-state index in [1.54, 1.807) is 18.2 Å². The molecule has 0 aromatic heterocycles. The Morgan fingerprint density at radius 1 is 1.15 bits per heavy atom. The molecule has 0 aliphatic rings. The fourth-order valence-electron chi connectivity index (χ4n) is 1.76. The predicted octanol–water partition coefficient (Wildman–Crippen LogP) is 4.52. The number of hydrogen-bond acceptors (Lipinski definition) is 2. The summed E-state index contributed by atoms with van der Waals surface area (Å²) in [6.45, 7) is 0.361. The number of rotatable bonds is 6. The molecule has 2 aromatic rings. The van der Waals surface area contributed by atoms with Gasteiger partial charge in [0.25, 0.3) is 0 Å². The second-order valence-corrected chi connectivity index (χ2v) is 4.72. The van der Waals surface area contributed by atoms with E-state index < -0.39 is 5.82 Å². The molecule has 0 saturated carbocycles. The normalized spacial score (nSPS) is 10.3. The van der Waals surface area contributed by atoms with Gasteiger partial charge in [0.2, 0.25) is 0 Å². The topological polar surface area (TPSA) is 26.3 Å². The van der Waals surface area contributed by atoms with Crippen molar-refractivity contribution in [2.45, 2.75) is 12.8 Å². The van der Waals surface area contributed by atoms with Gasteiger partial charge in [0, 0.05) is 18.1 Å². The first-order valence-electron chi connectivity index (χ1n) is 6.33. The third-order valence-corrected chi connectivity index (χ3v) is 3.11. The van der Waals surface area contributed by atoms with E-state index in [1.165, 1.54) is 12.1 Å². The van der Waals surface area contributed by atoms with Gasteiger partial charge in [-0.1, -0.05) is 41.9 Å². The molecule has 0 unspecified atom stereocenters. The maximum Gasteiger partial charge on any atom is 0.163 e. The highest BCUT2D eigenvalue weighted by molar-refractivity contribution is 6.30. The first-order valence-corrected chi connectivity index (χ1v) is 6.71. The molecule has 0 aliphatic heterocycles. The number of ketones is 1. The SMILES string of the molecule is O=C(CCCOc1ccc(Cl)c(F)c1)c1ccccc1. The second kappa shape index (κ2) is 7.06. The summed E-state index contributed by atoms with van der Waals surface area (Å²) >= 11 is 5.58. The van der Waals surface area contributed by atoms with E-state index in [-0.39, 0.29) is 10.8 Å². The van der Waals surface area contributed by atoms with Crippen LogP contribution in [0.15, 0.2) is 48.5 Å². The van der Waals surface area contributed by atoms with Gasteiger partial charge in [-0.15, -0.1) is 0 Å². The van der Waals surface area contributed by atoms with Crippen LogP contribution in [0, 0.1) is 5.82 Å². The van der Waals surface area contributed by atoms with E-state index in [2.05, 4.69) is 0 Å². The van der Waals surface area contributed by atoms with E-state index in [4.69, 9.17) is 16.3 Å². The highest BCUT2D eigenvalue weighted by Crippen LogP contribution is 2.20. The second-order valence-electron chi connectivity index (χ2n) is 4.32. The lowest BCUT2D eigenvalue weighted by atomic mass is 10.1. The van der Waals surface area contributed by atoms with E-state index in [0.29, 0.717) is 30.8 Å². The van der Waals surface area contributed by atoms with Crippen LogP contribution in [-0.4, -0.2) is 12.4 Å². The monoisotopic (exact) mass is 292 g/mol. The number of carbonyl (C=O) groups is 1. The number of carbonyl (C=O) groups excluding carboxylic acids is 1. The molecule has 0 N–H and O–H groups in total. The lowest BCUT2D eigenvalue weighted by Crippen LogP contribution is -2.03. The molecular formula is C16H14ClFO2. The van der Waals surface area contributed by atoms with Crippen LogP contribution in [0.5, 0.6) is 5.75 Å². The Labute approximate surface area is 122 Å². The molecule has 20 heavy (non-hydrogen) atoms. The summed E-state index contributed by atoms with van der Waals surface area (Å²) in [6.07, 6.45) is 0.984. The molecule has 2 rings (SSSR count). The highest BCUT2D eigenvalue weighted by atomic mass is 35.5. The van der Waals surface area contributed by atoms with Gasteiger partial charge in [0.1, 0.15) is 11.6 Å². The lowest BCUT2D eigenvalue weighted by molar-refractivity contribution is 0.0973. The summed E-state index contributed by atoms with van der Waals surface area (Å²) in [5, 5.41) is 0.0663. The van der Waals surface area contributed by atoms with Crippen molar-refractivity contribution in [3.8, 4) is 5.75 Å². The van der Waals surface area contributed by atoms with Gasteiger partial charge in [0.05, 0.1) is 11.6 Å². The van der Waals surface area contributed by atoms with Crippen molar-refractivity contribution in [2.24, 2.45) is 0 Å². The predicted molar refractivity (Wildman–Crippen MR) is 76.9 cm³/mol. The van der Waals surface area contributed by atoms with E-state index in [1.807, 2.05) is 18.2 Å². The number of halogens is 2. The van der Waals surface area contributed by atoms with Crippen LogP contribution < -0.4 is 4.74 Å². The third-order valence-electron chi connectivity index (χ3n) is 2.80. The minimum atomic E-state index is -0.510. The highest BCUT2D eigenvalue weighted by Gasteiger charge is 2.05. The first-order chi connectivity index (χ1) is 9.66. The summed E-state index contributed by atoms with van der Waals surface area (Å²) in [7, 11) is 0. The van der Waals surface area contributed by atoms with Crippen molar-refractivity contribution in [1.82, 2.24) is 0 Å². The molecule has 2 nitrogen and oxygen atoms in total. The van der Waals surface area contributed by atoms with Gasteiger partial charge < -0.3 is 4.74 Å². The molecule has 0 atom stereocenters. The van der Waals surface area contributed by atoms with Crippen molar-refractivity contribution < 1.29 is 13.9 Å². The minimum absolute atomic E-state index is 0.0663. The van der Waals surface area contributed by atoms with Crippen LogP contribution in [0.1, 0.15) is 23.2 Å². The zero-order valence-electron chi connectivity index (χ0n) is 10.8. The molecule has 104 valence electrons. The zero-order valence-corrected chi connectivity index (χ0v) is 11.6. The van der Waals surface area contributed by atoms with Crippen molar-refractivity contribution >= 4 is 17.4 Å². The van der Waals surface area contributed by atoms with E-state index in [0.717, 1.165) is 0 Å². The van der Waals surface area contributed by atoms with E-state index >= 15 is 0 Å². The molecule has 2 aromatic carbocycles. The maximum absolute atomic E-state index is 13.2. The van der Waals surface area contributed by atoms with Gasteiger partial charge in [-0.2, -0.15) is 0 Å². The molecule has 0 amide bonds. The van der Waals surface area contributed by atoms with Gasteiger partial charge in [0.15, 0.2) is 5.78 Å². The van der Waals surface area contributed by atoms with Crippen molar-refractivity contribution in [2.75, 3.05) is 6.61 Å².